The van der Waals surface area contributed by atoms with Crippen LogP contribution in [0.25, 0.3) is 10.9 Å². The van der Waals surface area contributed by atoms with E-state index in [9.17, 15) is 0 Å². The number of H-pyrrole nitrogens is 1. The van der Waals surface area contributed by atoms with Crippen molar-refractivity contribution < 1.29 is 0 Å². The predicted molar refractivity (Wildman–Crippen MR) is 91.1 cm³/mol. The van der Waals surface area contributed by atoms with E-state index in [-0.39, 0.29) is 0 Å². The number of anilines is 1. The van der Waals surface area contributed by atoms with E-state index in [2.05, 4.69) is 77.2 Å². The van der Waals surface area contributed by atoms with Gasteiger partial charge < -0.3 is 10.3 Å². The molecule has 0 saturated carbocycles. The highest BCUT2D eigenvalue weighted by Crippen LogP contribution is 2.50. The first-order chi connectivity index (χ1) is 10.9. The van der Waals surface area contributed by atoms with Gasteiger partial charge in [0.05, 0.1) is 6.04 Å². The Morgan fingerprint density at radius 3 is 2.77 bits per heavy atom. The van der Waals surface area contributed by atoms with Gasteiger partial charge in [0, 0.05) is 28.7 Å². The van der Waals surface area contributed by atoms with E-state index in [4.69, 9.17) is 0 Å². The minimum absolute atomic E-state index is 0.367. The van der Waals surface area contributed by atoms with E-state index in [0.717, 1.165) is 6.42 Å². The third-order valence-corrected chi connectivity index (χ3v) is 5.23. The van der Waals surface area contributed by atoms with Crippen LogP contribution in [0.15, 0.2) is 66.9 Å². The lowest BCUT2D eigenvalue weighted by molar-refractivity contribution is 0.427. The van der Waals surface area contributed by atoms with Gasteiger partial charge in [-0.25, -0.2) is 0 Å². The third kappa shape index (κ3) is 1.61. The molecular weight excluding hydrogens is 268 g/mol. The Hall–Kier alpha value is -2.48. The summed E-state index contributed by atoms with van der Waals surface area (Å²) in [5.74, 6) is 1.14. The molecule has 3 unspecified atom stereocenters. The molecule has 2 N–H and O–H groups in total. The van der Waals surface area contributed by atoms with E-state index in [1.807, 2.05) is 0 Å². The summed E-state index contributed by atoms with van der Waals surface area (Å²) >= 11 is 0. The molecule has 0 fully saturated rings. The van der Waals surface area contributed by atoms with Crippen LogP contribution in [0.2, 0.25) is 0 Å². The predicted octanol–water partition coefficient (Wildman–Crippen LogP) is 4.99. The highest BCUT2D eigenvalue weighted by molar-refractivity contribution is 5.84. The second kappa shape index (κ2) is 4.51. The van der Waals surface area contributed by atoms with Crippen molar-refractivity contribution in [2.75, 3.05) is 5.32 Å². The molecule has 2 aromatic carbocycles. The van der Waals surface area contributed by atoms with Crippen molar-refractivity contribution in [3.05, 3.63) is 78.0 Å². The molecule has 2 heterocycles. The number of rotatable bonds is 1. The molecule has 3 atom stereocenters. The molecule has 0 saturated heterocycles. The van der Waals surface area contributed by atoms with Gasteiger partial charge in [0.1, 0.15) is 0 Å². The van der Waals surface area contributed by atoms with Crippen molar-refractivity contribution in [3.63, 3.8) is 0 Å². The van der Waals surface area contributed by atoms with Gasteiger partial charge in [-0.2, -0.15) is 0 Å². The zero-order valence-electron chi connectivity index (χ0n) is 12.3. The fourth-order valence-corrected chi connectivity index (χ4v) is 4.20. The van der Waals surface area contributed by atoms with Crippen molar-refractivity contribution in [2.24, 2.45) is 5.92 Å². The van der Waals surface area contributed by atoms with Gasteiger partial charge in [-0.15, -0.1) is 0 Å². The van der Waals surface area contributed by atoms with Crippen LogP contribution < -0.4 is 5.32 Å². The minimum Gasteiger partial charge on any atom is -0.378 e. The molecule has 1 aliphatic heterocycles. The zero-order valence-corrected chi connectivity index (χ0v) is 12.3. The van der Waals surface area contributed by atoms with E-state index in [1.165, 1.54) is 27.7 Å². The summed E-state index contributed by atoms with van der Waals surface area (Å²) in [6.45, 7) is 0. The topological polar surface area (TPSA) is 27.8 Å². The molecule has 1 aromatic heterocycles. The Kier molecular flexibility index (Phi) is 2.48. The van der Waals surface area contributed by atoms with Crippen LogP contribution in [-0.2, 0) is 0 Å². The summed E-state index contributed by atoms with van der Waals surface area (Å²) in [6, 6.07) is 17.7. The van der Waals surface area contributed by atoms with Gasteiger partial charge in [-0.1, -0.05) is 48.6 Å². The van der Waals surface area contributed by atoms with E-state index < -0.39 is 0 Å². The minimum atomic E-state index is 0.367. The normalized spacial score (nSPS) is 25.7. The van der Waals surface area contributed by atoms with Crippen LogP contribution in [0.5, 0.6) is 0 Å². The molecule has 2 nitrogen and oxygen atoms in total. The summed E-state index contributed by atoms with van der Waals surface area (Å²) in [6.07, 6.45) is 8.08. The van der Waals surface area contributed by atoms with Crippen molar-refractivity contribution in [2.45, 2.75) is 18.4 Å². The number of hydrogen-bond acceptors (Lipinski definition) is 1. The zero-order chi connectivity index (χ0) is 14.5. The monoisotopic (exact) mass is 286 g/mol. The van der Waals surface area contributed by atoms with E-state index >= 15 is 0 Å². The van der Waals surface area contributed by atoms with Gasteiger partial charge >= 0.3 is 0 Å². The average Bonchev–Trinajstić information content (AvgIpc) is 3.21. The maximum Gasteiger partial charge on any atom is 0.0574 e. The number of benzene rings is 2. The van der Waals surface area contributed by atoms with Gasteiger partial charge in [-0.05, 0) is 35.6 Å². The SMILES string of the molecule is C1=CC2c3ccccc3NC(c3c[nH]c4ccccc34)C2C1. The summed E-state index contributed by atoms with van der Waals surface area (Å²) in [4.78, 5) is 3.43. The summed E-state index contributed by atoms with van der Waals surface area (Å²) in [5.41, 5.74) is 5.34. The molecule has 0 amide bonds. The first-order valence-corrected chi connectivity index (χ1v) is 8.00. The fraction of sp³-hybridized carbons (Fsp3) is 0.200. The summed E-state index contributed by atoms with van der Waals surface area (Å²) in [5, 5.41) is 5.14. The number of aromatic nitrogens is 1. The summed E-state index contributed by atoms with van der Waals surface area (Å²) in [7, 11) is 0. The van der Waals surface area contributed by atoms with E-state index in [1.54, 1.807) is 0 Å². The maximum atomic E-state index is 3.80. The Morgan fingerprint density at radius 2 is 1.77 bits per heavy atom. The van der Waals surface area contributed by atoms with Crippen LogP contribution >= 0.6 is 0 Å². The third-order valence-electron chi connectivity index (χ3n) is 5.23. The first-order valence-electron chi connectivity index (χ1n) is 8.00. The highest BCUT2D eigenvalue weighted by Gasteiger charge is 2.38. The van der Waals surface area contributed by atoms with Crippen molar-refractivity contribution in [3.8, 4) is 0 Å². The second-order valence-electron chi connectivity index (χ2n) is 6.35. The van der Waals surface area contributed by atoms with E-state index in [0.29, 0.717) is 17.9 Å². The molecule has 0 bridgehead atoms. The number of allylic oxidation sites excluding steroid dienone is 2. The van der Waals surface area contributed by atoms with Gasteiger partial charge in [0.25, 0.3) is 0 Å². The highest BCUT2D eigenvalue weighted by atomic mass is 15.0. The quantitative estimate of drug-likeness (QED) is 0.606. The molecule has 0 spiro atoms. The first kappa shape index (κ1) is 12.1. The summed E-state index contributed by atoms with van der Waals surface area (Å²) < 4.78 is 0. The lowest BCUT2D eigenvalue weighted by atomic mass is 9.77. The van der Waals surface area contributed by atoms with Crippen molar-refractivity contribution >= 4 is 16.6 Å². The van der Waals surface area contributed by atoms with Crippen LogP contribution in [0.3, 0.4) is 0 Å². The number of hydrogen-bond donors (Lipinski definition) is 2. The Morgan fingerprint density at radius 1 is 0.909 bits per heavy atom. The van der Waals surface area contributed by atoms with Crippen LogP contribution in [0.4, 0.5) is 5.69 Å². The number of nitrogens with one attached hydrogen (secondary N) is 2. The Balaban J connectivity index is 1.67. The molecule has 2 aliphatic rings. The average molecular weight is 286 g/mol. The Bertz CT molecular complexity index is 874. The molecular formula is C20H18N2. The standard InChI is InChI=1S/C20H18N2/c1-3-10-18-15(7-1)17(12-21-18)20-16-9-5-8-13(16)14-6-2-4-11-19(14)22-20/h1-8,10-13,16,20-22H,9H2. The van der Waals surface area contributed by atoms with Crippen LogP contribution in [0, 0.1) is 5.92 Å². The lowest BCUT2D eigenvalue weighted by Crippen LogP contribution is -2.28. The molecule has 2 heteroatoms. The molecule has 0 radical (unpaired) electrons. The fourth-order valence-electron chi connectivity index (χ4n) is 4.20. The molecule has 5 rings (SSSR count). The number of aromatic amines is 1. The van der Waals surface area contributed by atoms with Gasteiger partial charge in [0.15, 0.2) is 0 Å². The molecule has 1 aliphatic carbocycles. The molecule has 22 heavy (non-hydrogen) atoms. The number of fused-ring (bicyclic) bond motifs is 4. The van der Waals surface area contributed by atoms with Crippen LogP contribution in [-0.4, -0.2) is 4.98 Å². The largest absolute Gasteiger partial charge is 0.378 e. The Labute approximate surface area is 129 Å². The molecule has 108 valence electrons. The van der Waals surface area contributed by atoms with Crippen molar-refractivity contribution in [1.82, 2.24) is 4.98 Å². The second-order valence-corrected chi connectivity index (χ2v) is 6.35. The van der Waals surface area contributed by atoms with Crippen molar-refractivity contribution in [1.29, 1.82) is 0 Å². The van der Waals surface area contributed by atoms with Crippen LogP contribution in [0.1, 0.15) is 29.5 Å². The maximum absolute atomic E-state index is 3.80. The van der Waals surface area contributed by atoms with Gasteiger partial charge in [-0.3, -0.25) is 0 Å². The number of para-hydroxylation sites is 2. The lowest BCUT2D eigenvalue weighted by Gasteiger charge is -2.37. The smallest absolute Gasteiger partial charge is 0.0574 e. The van der Waals surface area contributed by atoms with Gasteiger partial charge in [0.2, 0.25) is 0 Å². The molecule has 3 aromatic rings.